The maximum atomic E-state index is 5.64. The second-order valence-electron chi connectivity index (χ2n) is 7.50. The van der Waals surface area contributed by atoms with Gasteiger partial charge < -0.3 is 20.3 Å². The highest BCUT2D eigenvalue weighted by molar-refractivity contribution is 5.64. The van der Waals surface area contributed by atoms with Crippen molar-refractivity contribution in [1.29, 1.82) is 0 Å². The monoisotopic (exact) mass is 353 g/mol. The first-order valence-corrected chi connectivity index (χ1v) is 9.25. The Morgan fingerprint density at radius 1 is 1.15 bits per heavy atom. The van der Waals surface area contributed by atoms with Crippen molar-refractivity contribution in [3.05, 3.63) is 18.5 Å². The first-order chi connectivity index (χ1) is 12.7. The Labute approximate surface area is 152 Å². The molecule has 1 aliphatic carbocycles. The number of morpholine rings is 1. The summed E-state index contributed by atoms with van der Waals surface area (Å²) in [7, 11) is 0. The lowest BCUT2D eigenvalue weighted by molar-refractivity contribution is 0.0985. The lowest BCUT2D eigenvalue weighted by atomic mass is 9.86. The van der Waals surface area contributed by atoms with Crippen molar-refractivity contribution in [2.45, 2.75) is 31.8 Å². The van der Waals surface area contributed by atoms with Gasteiger partial charge in [0.15, 0.2) is 0 Å². The second-order valence-corrected chi connectivity index (χ2v) is 7.50. The number of nitrogens with zero attached hydrogens (tertiary/aromatic N) is 6. The molecule has 1 saturated carbocycles. The summed E-state index contributed by atoms with van der Waals surface area (Å²) >= 11 is 0. The van der Waals surface area contributed by atoms with E-state index < -0.39 is 0 Å². The molecule has 0 radical (unpaired) electrons. The van der Waals surface area contributed by atoms with Gasteiger partial charge in [-0.25, -0.2) is 15.0 Å². The fraction of sp³-hybridized carbons (Fsp3) is 0.556. The highest BCUT2D eigenvalue weighted by atomic mass is 16.5. The Kier molecular flexibility index (Phi) is 3.66. The van der Waals surface area contributed by atoms with E-state index in [2.05, 4.69) is 26.7 Å². The lowest BCUT2D eigenvalue weighted by Crippen LogP contribution is -2.44. The van der Waals surface area contributed by atoms with E-state index in [9.17, 15) is 0 Å². The number of nitrogens with two attached hydrogens (primary N) is 1. The summed E-state index contributed by atoms with van der Waals surface area (Å²) in [6.45, 7) is 5.50. The maximum absolute atomic E-state index is 5.64. The van der Waals surface area contributed by atoms with Crippen molar-refractivity contribution >= 4 is 17.7 Å². The van der Waals surface area contributed by atoms with Gasteiger partial charge in [-0.15, -0.1) is 0 Å². The molecular formula is C18H23N7O. The molecule has 2 N–H and O–H groups in total. The molecule has 8 heteroatoms. The van der Waals surface area contributed by atoms with Crippen LogP contribution in [0.1, 0.15) is 19.8 Å². The van der Waals surface area contributed by atoms with Gasteiger partial charge in [-0.3, -0.25) is 0 Å². The Morgan fingerprint density at radius 3 is 2.65 bits per heavy atom. The fourth-order valence-electron chi connectivity index (χ4n) is 4.16. The molecule has 4 fully saturated rings. The van der Waals surface area contributed by atoms with Gasteiger partial charge in [-0.2, -0.15) is 4.98 Å². The number of fused-ring (bicyclic) bond motifs is 1. The van der Waals surface area contributed by atoms with Crippen LogP contribution in [0.5, 0.6) is 0 Å². The molecule has 26 heavy (non-hydrogen) atoms. The first kappa shape index (κ1) is 15.7. The van der Waals surface area contributed by atoms with E-state index in [0.29, 0.717) is 12.6 Å². The minimum atomic E-state index is 0.269. The number of anilines is 3. The largest absolute Gasteiger partial charge is 0.377 e. The Bertz CT molecular complexity index is 806. The lowest BCUT2D eigenvalue weighted by Gasteiger charge is -2.35. The van der Waals surface area contributed by atoms with Crippen LogP contribution in [-0.4, -0.2) is 58.3 Å². The van der Waals surface area contributed by atoms with Crippen molar-refractivity contribution in [1.82, 2.24) is 19.9 Å². The van der Waals surface area contributed by atoms with Crippen LogP contribution in [0.25, 0.3) is 11.3 Å². The maximum Gasteiger partial charge on any atom is 0.228 e. The zero-order valence-electron chi connectivity index (χ0n) is 14.9. The molecule has 3 saturated heterocycles. The Morgan fingerprint density at radius 2 is 1.96 bits per heavy atom. The number of rotatable bonds is 3. The SMILES string of the molecule is C[C@H]1COCCN1c1cc(-c2cnc(N)nc2)nc(N2CC3CC2C3)n1. The number of aromatic nitrogens is 4. The summed E-state index contributed by atoms with van der Waals surface area (Å²) in [6, 6.07) is 2.91. The first-order valence-electron chi connectivity index (χ1n) is 9.25. The van der Waals surface area contributed by atoms with Crippen LogP contribution in [-0.2, 0) is 4.74 Å². The highest BCUT2D eigenvalue weighted by Gasteiger charge is 2.44. The number of nitrogen functional groups attached to an aromatic ring is 1. The average molecular weight is 353 g/mol. The second kappa shape index (κ2) is 6.05. The van der Waals surface area contributed by atoms with Crippen LogP contribution in [0, 0.1) is 5.92 Å². The summed E-state index contributed by atoms with van der Waals surface area (Å²) < 4.78 is 5.59. The number of ether oxygens (including phenoxy) is 1. The Hall–Kier alpha value is -2.48. The molecule has 136 valence electrons. The van der Waals surface area contributed by atoms with Crippen molar-refractivity contribution in [3.8, 4) is 11.3 Å². The minimum absolute atomic E-state index is 0.269. The van der Waals surface area contributed by atoms with Crippen LogP contribution in [0.2, 0.25) is 0 Å². The molecule has 4 aliphatic rings. The smallest absolute Gasteiger partial charge is 0.228 e. The van der Waals surface area contributed by atoms with Gasteiger partial charge >= 0.3 is 0 Å². The van der Waals surface area contributed by atoms with E-state index >= 15 is 0 Å². The summed E-state index contributed by atoms with van der Waals surface area (Å²) in [5.74, 6) is 2.84. The van der Waals surface area contributed by atoms with Gasteiger partial charge in [0.2, 0.25) is 11.9 Å². The van der Waals surface area contributed by atoms with Gasteiger partial charge in [0, 0.05) is 43.2 Å². The third kappa shape index (κ3) is 2.65. The third-order valence-corrected chi connectivity index (χ3v) is 5.69. The van der Waals surface area contributed by atoms with Crippen LogP contribution in [0.4, 0.5) is 17.7 Å². The molecule has 6 rings (SSSR count). The van der Waals surface area contributed by atoms with Crippen molar-refractivity contribution in [2.75, 3.05) is 41.8 Å². The summed E-state index contributed by atoms with van der Waals surface area (Å²) in [4.78, 5) is 22.7. The quantitative estimate of drug-likeness (QED) is 0.884. The minimum Gasteiger partial charge on any atom is -0.377 e. The molecule has 8 nitrogen and oxygen atoms in total. The van der Waals surface area contributed by atoms with Gasteiger partial charge in [0.25, 0.3) is 0 Å². The predicted octanol–water partition coefficient (Wildman–Crippen LogP) is 1.34. The molecule has 5 heterocycles. The summed E-state index contributed by atoms with van der Waals surface area (Å²) in [5, 5.41) is 0. The molecule has 0 spiro atoms. The van der Waals surface area contributed by atoms with E-state index in [4.69, 9.17) is 20.4 Å². The molecule has 0 unspecified atom stereocenters. The standard InChI is InChI=1S/C18H23N7O/c1-11-10-26-3-2-24(11)16-6-15(13-7-20-17(19)21-8-13)22-18(23-16)25-9-12-4-14(25)5-12/h6-8,11-12,14H,2-5,9-10H2,1H3,(H2,19,20,21)/t11-,12?,14?/m0/s1. The fourth-order valence-corrected chi connectivity index (χ4v) is 4.16. The van der Waals surface area contributed by atoms with Crippen LogP contribution in [0.15, 0.2) is 18.5 Å². The van der Waals surface area contributed by atoms with E-state index in [1.54, 1.807) is 12.4 Å². The topological polar surface area (TPSA) is 93.3 Å². The van der Waals surface area contributed by atoms with Crippen molar-refractivity contribution < 1.29 is 4.74 Å². The summed E-state index contributed by atoms with van der Waals surface area (Å²) in [5.41, 5.74) is 7.34. The normalized spacial score (nSPS) is 27.5. The van der Waals surface area contributed by atoms with E-state index in [1.165, 1.54) is 12.8 Å². The Balaban J connectivity index is 1.57. The zero-order chi connectivity index (χ0) is 17.7. The van der Waals surface area contributed by atoms with Crippen LogP contribution in [0.3, 0.4) is 0 Å². The third-order valence-electron chi connectivity index (χ3n) is 5.69. The molecule has 1 atom stereocenters. The van der Waals surface area contributed by atoms with Gasteiger partial charge in [-0.05, 0) is 25.7 Å². The zero-order valence-corrected chi connectivity index (χ0v) is 14.9. The van der Waals surface area contributed by atoms with Gasteiger partial charge in [-0.1, -0.05) is 0 Å². The van der Waals surface area contributed by atoms with Gasteiger partial charge in [0.1, 0.15) is 5.82 Å². The number of hydrogen-bond donors (Lipinski definition) is 1. The molecule has 0 amide bonds. The van der Waals surface area contributed by atoms with E-state index in [1.807, 2.05) is 6.07 Å². The molecule has 0 aromatic carbocycles. The van der Waals surface area contributed by atoms with Gasteiger partial charge in [0.05, 0.1) is 24.9 Å². The predicted molar refractivity (Wildman–Crippen MR) is 99.0 cm³/mol. The molecule has 2 aromatic heterocycles. The molecule has 3 aliphatic heterocycles. The van der Waals surface area contributed by atoms with Crippen molar-refractivity contribution in [3.63, 3.8) is 0 Å². The van der Waals surface area contributed by atoms with Crippen LogP contribution < -0.4 is 15.5 Å². The summed E-state index contributed by atoms with van der Waals surface area (Å²) in [6.07, 6.45) is 5.99. The highest BCUT2D eigenvalue weighted by Crippen LogP contribution is 2.42. The molecular weight excluding hydrogens is 330 g/mol. The molecule has 2 bridgehead atoms. The van der Waals surface area contributed by atoms with E-state index in [-0.39, 0.29) is 12.0 Å². The van der Waals surface area contributed by atoms with Crippen LogP contribution >= 0.6 is 0 Å². The molecule has 2 aromatic rings. The van der Waals surface area contributed by atoms with E-state index in [0.717, 1.165) is 48.6 Å². The van der Waals surface area contributed by atoms with Crippen molar-refractivity contribution in [2.24, 2.45) is 5.92 Å². The average Bonchev–Trinajstić information content (AvgIpc) is 3.23. The number of hydrogen-bond acceptors (Lipinski definition) is 8.